The number of nitrogens with zero attached hydrogens (tertiary/aromatic N) is 2. The van der Waals surface area contributed by atoms with Crippen LogP contribution in [0.1, 0.15) is 32.1 Å². The third kappa shape index (κ3) is 2.01. The van der Waals surface area contributed by atoms with Gasteiger partial charge >= 0.3 is 0 Å². The minimum atomic E-state index is 0.813. The van der Waals surface area contributed by atoms with Crippen LogP contribution in [0.25, 0.3) is 0 Å². The molecule has 3 nitrogen and oxygen atoms in total. The summed E-state index contributed by atoms with van der Waals surface area (Å²) in [5.41, 5.74) is 0. The number of hydrogen-bond acceptors (Lipinski definition) is 3. The van der Waals surface area contributed by atoms with E-state index >= 15 is 0 Å². The first-order valence-corrected chi connectivity index (χ1v) is 7.02. The lowest BCUT2D eigenvalue weighted by Crippen LogP contribution is -2.59. The SMILES string of the molecule is CN1CCC(N2CCN[C@@H]3CCC[C@@H]32)CC1. The molecule has 0 unspecified atom stereocenters. The summed E-state index contributed by atoms with van der Waals surface area (Å²) >= 11 is 0. The van der Waals surface area contributed by atoms with Crippen molar-refractivity contribution >= 4 is 0 Å². The molecule has 0 radical (unpaired) electrons. The Bertz CT molecular complexity index is 235. The van der Waals surface area contributed by atoms with Crippen LogP contribution in [-0.4, -0.2) is 61.2 Å². The predicted octanol–water partition coefficient (Wildman–Crippen LogP) is 0.907. The van der Waals surface area contributed by atoms with E-state index in [0.29, 0.717) is 0 Å². The van der Waals surface area contributed by atoms with Gasteiger partial charge in [0, 0.05) is 31.2 Å². The van der Waals surface area contributed by atoms with E-state index in [2.05, 4.69) is 22.2 Å². The van der Waals surface area contributed by atoms with Crippen molar-refractivity contribution in [3.63, 3.8) is 0 Å². The van der Waals surface area contributed by atoms with Gasteiger partial charge in [0.05, 0.1) is 0 Å². The molecular weight excluding hydrogens is 198 g/mol. The fourth-order valence-corrected chi connectivity index (χ4v) is 3.90. The van der Waals surface area contributed by atoms with Crippen molar-refractivity contribution in [3.05, 3.63) is 0 Å². The molecule has 0 bridgehead atoms. The largest absolute Gasteiger partial charge is 0.311 e. The Labute approximate surface area is 99.2 Å². The third-order valence-corrected chi connectivity index (χ3v) is 4.84. The first-order valence-electron chi connectivity index (χ1n) is 7.02. The fraction of sp³-hybridized carbons (Fsp3) is 1.00. The second kappa shape index (κ2) is 4.63. The minimum Gasteiger partial charge on any atom is -0.311 e. The molecule has 1 aliphatic carbocycles. The zero-order valence-corrected chi connectivity index (χ0v) is 10.5. The normalized spacial score (nSPS) is 38.8. The van der Waals surface area contributed by atoms with Gasteiger partial charge in [-0.05, 0) is 45.8 Å². The van der Waals surface area contributed by atoms with E-state index in [1.165, 1.54) is 58.3 Å². The minimum absolute atomic E-state index is 0.813. The van der Waals surface area contributed by atoms with Crippen LogP contribution in [0.2, 0.25) is 0 Å². The van der Waals surface area contributed by atoms with Gasteiger partial charge in [0.2, 0.25) is 0 Å². The van der Waals surface area contributed by atoms with Crippen LogP contribution < -0.4 is 5.32 Å². The second-order valence-electron chi connectivity index (χ2n) is 5.83. The summed E-state index contributed by atoms with van der Waals surface area (Å²) in [6, 6.07) is 2.56. The molecule has 1 N–H and O–H groups in total. The highest BCUT2D eigenvalue weighted by atomic mass is 15.3. The van der Waals surface area contributed by atoms with Gasteiger partial charge in [0.1, 0.15) is 0 Å². The van der Waals surface area contributed by atoms with Gasteiger partial charge in [0.15, 0.2) is 0 Å². The van der Waals surface area contributed by atoms with Crippen LogP contribution in [0.5, 0.6) is 0 Å². The Hall–Kier alpha value is -0.120. The summed E-state index contributed by atoms with van der Waals surface area (Å²) in [5, 5.41) is 3.71. The lowest BCUT2D eigenvalue weighted by molar-refractivity contribution is 0.0518. The van der Waals surface area contributed by atoms with Crippen molar-refractivity contribution in [1.82, 2.24) is 15.1 Å². The van der Waals surface area contributed by atoms with Crippen LogP contribution in [0.15, 0.2) is 0 Å². The van der Waals surface area contributed by atoms with Gasteiger partial charge in [-0.1, -0.05) is 6.42 Å². The molecule has 0 aromatic heterocycles. The highest BCUT2D eigenvalue weighted by Gasteiger charge is 2.38. The molecule has 3 aliphatic rings. The molecule has 0 spiro atoms. The summed E-state index contributed by atoms with van der Waals surface area (Å²) in [5.74, 6) is 0. The third-order valence-electron chi connectivity index (χ3n) is 4.84. The zero-order chi connectivity index (χ0) is 11.0. The molecular formula is C13H25N3. The van der Waals surface area contributed by atoms with Gasteiger partial charge in [-0.15, -0.1) is 0 Å². The average Bonchev–Trinajstić information content (AvgIpc) is 2.78. The van der Waals surface area contributed by atoms with Crippen LogP contribution in [-0.2, 0) is 0 Å². The average molecular weight is 223 g/mol. The number of hydrogen-bond donors (Lipinski definition) is 1. The number of piperazine rings is 1. The lowest BCUT2D eigenvalue weighted by Gasteiger charge is -2.45. The van der Waals surface area contributed by atoms with Crippen LogP contribution in [0, 0.1) is 0 Å². The van der Waals surface area contributed by atoms with Gasteiger partial charge in [-0.2, -0.15) is 0 Å². The van der Waals surface area contributed by atoms with Crippen molar-refractivity contribution in [3.8, 4) is 0 Å². The van der Waals surface area contributed by atoms with E-state index in [4.69, 9.17) is 0 Å². The Morgan fingerprint density at radius 3 is 2.62 bits per heavy atom. The topological polar surface area (TPSA) is 18.5 Å². The van der Waals surface area contributed by atoms with E-state index < -0.39 is 0 Å². The molecule has 3 rings (SSSR count). The molecule has 0 aromatic carbocycles. The maximum Gasteiger partial charge on any atom is 0.0252 e. The van der Waals surface area contributed by atoms with E-state index in [9.17, 15) is 0 Å². The van der Waals surface area contributed by atoms with E-state index in [-0.39, 0.29) is 0 Å². The Balaban J connectivity index is 1.64. The highest BCUT2D eigenvalue weighted by Crippen LogP contribution is 2.30. The number of rotatable bonds is 1. The molecule has 2 saturated heterocycles. The van der Waals surface area contributed by atoms with E-state index in [1.54, 1.807) is 0 Å². The summed E-state index contributed by atoms with van der Waals surface area (Å²) in [7, 11) is 2.26. The first-order chi connectivity index (χ1) is 7.84. The maximum atomic E-state index is 3.71. The smallest absolute Gasteiger partial charge is 0.0252 e. The highest BCUT2D eigenvalue weighted by molar-refractivity contribution is 4.97. The molecule has 16 heavy (non-hydrogen) atoms. The zero-order valence-electron chi connectivity index (χ0n) is 10.5. The second-order valence-corrected chi connectivity index (χ2v) is 5.83. The van der Waals surface area contributed by atoms with Crippen molar-refractivity contribution in [2.45, 2.75) is 50.2 Å². The standard InChI is InChI=1S/C13H25N3/c1-15-8-5-11(6-9-15)16-10-7-14-12-3-2-4-13(12)16/h11-14H,2-10H2,1H3/t12-,13+/m1/s1. The van der Waals surface area contributed by atoms with E-state index in [1.807, 2.05) is 0 Å². The van der Waals surface area contributed by atoms with Crippen LogP contribution in [0.4, 0.5) is 0 Å². The van der Waals surface area contributed by atoms with Crippen molar-refractivity contribution < 1.29 is 0 Å². The summed E-state index contributed by atoms with van der Waals surface area (Å²) in [6.45, 7) is 5.10. The molecule has 0 amide bonds. The molecule has 3 fully saturated rings. The fourth-order valence-electron chi connectivity index (χ4n) is 3.90. The van der Waals surface area contributed by atoms with Crippen LogP contribution >= 0.6 is 0 Å². The lowest BCUT2D eigenvalue weighted by atomic mass is 9.98. The maximum absolute atomic E-state index is 3.71. The molecule has 0 aromatic rings. The molecule has 92 valence electrons. The number of fused-ring (bicyclic) bond motifs is 1. The Morgan fingerprint density at radius 1 is 1.00 bits per heavy atom. The quantitative estimate of drug-likeness (QED) is 0.713. The Morgan fingerprint density at radius 2 is 1.81 bits per heavy atom. The Kier molecular flexibility index (Phi) is 3.18. The number of piperidine rings is 1. The summed E-state index contributed by atoms with van der Waals surface area (Å²) < 4.78 is 0. The summed E-state index contributed by atoms with van der Waals surface area (Å²) in [4.78, 5) is 5.33. The number of likely N-dealkylation sites (tertiary alicyclic amines) is 1. The van der Waals surface area contributed by atoms with Gasteiger partial charge in [0.25, 0.3) is 0 Å². The van der Waals surface area contributed by atoms with Crippen molar-refractivity contribution in [1.29, 1.82) is 0 Å². The summed E-state index contributed by atoms with van der Waals surface area (Å²) in [6.07, 6.45) is 7.06. The first kappa shape index (κ1) is 11.0. The molecule has 1 saturated carbocycles. The molecule has 2 aliphatic heterocycles. The monoisotopic (exact) mass is 223 g/mol. The number of nitrogens with one attached hydrogen (secondary N) is 1. The van der Waals surface area contributed by atoms with Gasteiger partial charge in [-0.3, -0.25) is 4.90 Å². The molecule has 2 heterocycles. The van der Waals surface area contributed by atoms with Crippen LogP contribution in [0.3, 0.4) is 0 Å². The van der Waals surface area contributed by atoms with Gasteiger partial charge < -0.3 is 10.2 Å². The molecule has 2 atom stereocenters. The van der Waals surface area contributed by atoms with Crippen molar-refractivity contribution in [2.24, 2.45) is 0 Å². The van der Waals surface area contributed by atoms with Gasteiger partial charge in [-0.25, -0.2) is 0 Å². The molecule has 3 heteroatoms. The predicted molar refractivity (Wildman–Crippen MR) is 66.7 cm³/mol. The van der Waals surface area contributed by atoms with E-state index in [0.717, 1.165) is 18.1 Å². The van der Waals surface area contributed by atoms with Crippen molar-refractivity contribution in [2.75, 3.05) is 33.2 Å².